The van der Waals surface area contributed by atoms with Crippen LogP contribution in [0.2, 0.25) is 5.02 Å². The molecule has 0 saturated heterocycles. The summed E-state index contributed by atoms with van der Waals surface area (Å²) in [4.78, 5) is 24.5. The number of rotatable bonds is 6. The van der Waals surface area contributed by atoms with Crippen LogP contribution in [0.4, 0.5) is 0 Å². The van der Waals surface area contributed by atoms with Gasteiger partial charge < -0.3 is 18.6 Å². The summed E-state index contributed by atoms with van der Waals surface area (Å²) < 4.78 is 21.5. The zero-order valence-corrected chi connectivity index (χ0v) is 17.4. The number of ether oxygens (including phenoxy) is 3. The molecular weight excluding hydrogens is 396 g/mol. The highest BCUT2D eigenvalue weighted by molar-refractivity contribution is 6.32. The number of fused-ring (bicyclic) bond motifs is 1. The Morgan fingerprint density at radius 2 is 1.93 bits per heavy atom. The predicted octanol–water partition coefficient (Wildman–Crippen LogP) is 4.83. The van der Waals surface area contributed by atoms with Gasteiger partial charge >= 0.3 is 11.6 Å². The molecule has 0 unspecified atom stereocenters. The maximum atomic E-state index is 12.6. The third-order valence-electron chi connectivity index (χ3n) is 4.63. The van der Waals surface area contributed by atoms with Gasteiger partial charge in [0.1, 0.15) is 12.2 Å². The van der Waals surface area contributed by atoms with Crippen molar-refractivity contribution in [1.82, 2.24) is 0 Å². The second-order valence-corrected chi connectivity index (χ2v) is 6.88. The number of benzene rings is 2. The molecular formula is C22H21ClO6. The molecule has 0 spiro atoms. The Bertz CT molecular complexity index is 1130. The highest BCUT2D eigenvalue weighted by Gasteiger charge is 2.18. The van der Waals surface area contributed by atoms with Crippen molar-refractivity contribution in [2.45, 2.75) is 27.4 Å². The minimum absolute atomic E-state index is 0.0867. The maximum absolute atomic E-state index is 12.6. The molecule has 0 bridgehead atoms. The Hall–Kier alpha value is -2.99. The molecule has 0 aliphatic heterocycles. The fourth-order valence-corrected chi connectivity index (χ4v) is 3.26. The van der Waals surface area contributed by atoms with Crippen molar-refractivity contribution < 1.29 is 23.4 Å². The second-order valence-electron chi connectivity index (χ2n) is 6.47. The van der Waals surface area contributed by atoms with E-state index in [1.165, 1.54) is 25.3 Å². The van der Waals surface area contributed by atoms with Crippen LogP contribution >= 0.6 is 11.6 Å². The van der Waals surface area contributed by atoms with Gasteiger partial charge in [-0.15, -0.1) is 0 Å². The monoisotopic (exact) mass is 416 g/mol. The highest BCUT2D eigenvalue weighted by Crippen LogP contribution is 2.36. The molecule has 0 N–H and O–H groups in total. The lowest BCUT2D eigenvalue weighted by atomic mass is 10.0. The standard InChI is InChI=1S/C22H21ClO6/c1-5-27-21-17(23)8-14(9-18(21)26-4)22(25)28-11-15-10-19(24)29-20-13(3)12(2)6-7-16(15)20/h6-10H,5,11H2,1-4H3. The van der Waals surface area contributed by atoms with Gasteiger partial charge in [-0.3, -0.25) is 0 Å². The number of methoxy groups -OCH3 is 1. The van der Waals surface area contributed by atoms with Crippen molar-refractivity contribution in [2.24, 2.45) is 0 Å². The molecule has 7 heteroatoms. The van der Waals surface area contributed by atoms with Crippen LogP contribution in [-0.2, 0) is 11.3 Å². The Kier molecular flexibility index (Phi) is 6.13. The normalized spacial score (nSPS) is 10.8. The molecule has 29 heavy (non-hydrogen) atoms. The van der Waals surface area contributed by atoms with Crippen LogP contribution in [0.1, 0.15) is 34.0 Å². The molecule has 0 saturated carbocycles. The summed E-state index contributed by atoms with van der Waals surface area (Å²) >= 11 is 6.22. The van der Waals surface area contributed by atoms with Crippen molar-refractivity contribution in [3.63, 3.8) is 0 Å². The molecule has 3 aromatic rings. The first-order valence-corrected chi connectivity index (χ1v) is 9.43. The van der Waals surface area contributed by atoms with Crippen LogP contribution in [0.15, 0.2) is 39.5 Å². The SMILES string of the molecule is CCOc1c(Cl)cc(C(=O)OCc2cc(=O)oc3c(C)c(C)ccc23)cc1OC. The largest absolute Gasteiger partial charge is 0.493 e. The fraction of sp³-hybridized carbons (Fsp3) is 0.273. The van der Waals surface area contributed by atoms with Gasteiger partial charge in [0.25, 0.3) is 0 Å². The van der Waals surface area contributed by atoms with E-state index < -0.39 is 11.6 Å². The molecule has 3 rings (SSSR count). The molecule has 0 radical (unpaired) electrons. The smallest absolute Gasteiger partial charge is 0.338 e. The van der Waals surface area contributed by atoms with Gasteiger partial charge in [0.2, 0.25) is 0 Å². The van der Waals surface area contributed by atoms with Crippen LogP contribution in [0.25, 0.3) is 11.0 Å². The maximum Gasteiger partial charge on any atom is 0.338 e. The number of hydrogen-bond acceptors (Lipinski definition) is 6. The van der Waals surface area contributed by atoms with Gasteiger partial charge in [-0.05, 0) is 44.0 Å². The van der Waals surface area contributed by atoms with Gasteiger partial charge in [0.15, 0.2) is 11.5 Å². The molecule has 0 atom stereocenters. The zero-order valence-electron chi connectivity index (χ0n) is 16.6. The summed E-state index contributed by atoms with van der Waals surface area (Å²) in [6.07, 6.45) is 0. The molecule has 0 aliphatic rings. The summed E-state index contributed by atoms with van der Waals surface area (Å²) in [5.74, 6) is 0.104. The molecule has 2 aromatic carbocycles. The molecule has 6 nitrogen and oxygen atoms in total. The molecule has 0 fully saturated rings. The van der Waals surface area contributed by atoms with Crippen LogP contribution in [0.5, 0.6) is 11.5 Å². The minimum atomic E-state index is -0.599. The Balaban J connectivity index is 1.89. The quantitative estimate of drug-likeness (QED) is 0.423. The molecule has 152 valence electrons. The van der Waals surface area contributed by atoms with Gasteiger partial charge in [0, 0.05) is 17.0 Å². The third kappa shape index (κ3) is 4.22. The van der Waals surface area contributed by atoms with Crippen LogP contribution in [-0.4, -0.2) is 19.7 Å². The van der Waals surface area contributed by atoms with E-state index >= 15 is 0 Å². The van der Waals surface area contributed by atoms with E-state index in [0.717, 1.165) is 16.5 Å². The van der Waals surface area contributed by atoms with Crippen molar-refractivity contribution >= 4 is 28.5 Å². The first kappa shape index (κ1) is 20.7. The van der Waals surface area contributed by atoms with Crippen molar-refractivity contribution in [2.75, 3.05) is 13.7 Å². The van der Waals surface area contributed by atoms with E-state index in [1.807, 2.05) is 32.9 Å². The topological polar surface area (TPSA) is 75.0 Å². The lowest BCUT2D eigenvalue weighted by Gasteiger charge is -2.13. The number of halogens is 1. The van der Waals surface area contributed by atoms with Crippen molar-refractivity contribution in [3.05, 3.63) is 68.0 Å². The second kappa shape index (κ2) is 8.57. The number of carbonyl (C=O) groups excluding carboxylic acids is 1. The average molecular weight is 417 g/mol. The van der Waals surface area contributed by atoms with E-state index in [1.54, 1.807) is 0 Å². The number of esters is 1. The summed E-state index contributed by atoms with van der Waals surface area (Å²) in [6.45, 7) is 5.95. The first-order valence-electron chi connectivity index (χ1n) is 9.06. The Morgan fingerprint density at radius 1 is 1.17 bits per heavy atom. The minimum Gasteiger partial charge on any atom is -0.493 e. The zero-order chi connectivity index (χ0) is 21.1. The fourth-order valence-electron chi connectivity index (χ4n) is 2.99. The summed E-state index contributed by atoms with van der Waals surface area (Å²) in [7, 11) is 1.46. The number of aryl methyl sites for hydroxylation is 2. The van der Waals surface area contributed by atoms with E-state index in [9.17, 15) is 9.59 Å². The lowest BCUT2D eigenvalue weighted by Crippen LogP contribution is -2.09. The summed E-state index contributed by atoms with van der Waals surface area (Å²) in [5.41, 5.74) is 2.66. The number of hydrogen-bond donors (Lipinski definition) is 0. The lowest BCUT2D eigenvalue weighted by molar-refractivity contribution is 0.0473. The highest BCUT2D eigenvalue weighted by atomic mass is 35.5. The molecule has 1 heterocycles. The Morgan fingerprint density at radius 3 is 2.62 bits per heavy atom. The average Bonchev–Trinajstić information content (AvgIpc) is 2.70. The van der Waals surface area contributed by atoms with Gasteiger partial charge in [-0.1, -0.05) is 23.7 Å². The van der Waals surface area contributed by atoms with Crippen LogP contribution in [0, 0.1) is 13.8 Å². The van der Waals surface area contributed by atoms with Gasteiger partial charge in [0.05, 0.1) is 24.3 Å². The number of carbonyl (C=O) groups is 1. The predicted molar refractivity (Wildman–Crippen MR) is 110 cm³/mol. The summed E-state index contributed by atoms with van der Waals surface area (Å²) in [6, 6.07) is 8.07. The van der Waals surface area contributed by atoms with Crippen LogP contribution < -0.4 is 15.1 Å². The van der Waals surface area contributed by atoms with E-state index in [-0.39, 0.29) is 17.2 Å². The molecule has 0 aliphatic carbocycles. The van der Waals surface area contributed by atoms with Crippen molar-refractivity contribution in [1.29, 1.82) is 0 Å². The van der Waals surface area contributed by atoms with Crippen LogP contribution in [0.3, 0.4) is 0 Å². The molecule has 1 aromatic heterocycles. The van der Waals surface area contributed by atoms with Gasteiger partial charge in [-0.25, -0.2) is 9.59 Å². The van der Waals surface area contributed by atoms with E-state index in [2.05, 4.69) is 0 Å². The summed E-state index contributed by atoms with van der Waals surface area (Å²) in [5, 5.41) is 0.970. The third-order valence-corrected chi connectivity index (χ3v) is 4.91. The van der Waals surface area contributed by atoms with Gasteiger partial charge in [-0.2, -0.15) is 0 Å². The van der Waals surface area contributed by atoms with E-state index in [4.69, 9.17) is 30.2 Å². The van der Waals surface area contributed by atoms with Crippen molar-refractivity contribution in [3.8, 4) is 11.5 Å². The van der Waals surface area contributed by atoms with E-state index in [0.29, 0.717) is 29.3 Å². The Labute approximate surface area is 172 Å². The first-order chi connectivity index (χ1) is 13.8. The molecule has 0 amide bonds.